The molecule has 1 aliphatic carbocycles. The van der Waals surface area contributed by atoms with Crippen LogP contribution in [0, 0.1) is 5.92 Å². The van der Waals surface area contributed by atoms with Gasteiger partial charge in [0.15, 0.2) is 0 Å². The Hall–Kier alpha value is -0.520. The highest BCUT2D eigenvalue weighted by atomic mass is 14.2. The lowest BCUT2D eigenvalue weighted by Gasteiger charge is -2.18. The zero-order chi connectivity index (χ0) is 8.97. The average Bonchev–Trinajstić information content (AvgIpc) is 2.06. The average molecular weight is 164 g/mol. The van der Waals surface area contributed by atoms with Crippen molar-refractivity contribution in [3.8, 4) is 0 Å². The quantitative estimate of drug-likeness (QED) is 0.576. The van der Waals surface area contributed by atoms with E-state index in [2.05, 4.69) is 32.9 Å². The van der Waals surface area contributed by atoms with E-state index < -0.39 is 0 Å². The molecule has 0 spiro atoms. The van der Waals surface area contributed by atoms with E-state index >= 15 is 0 Å². The van der Waals surface area contributed by atoms with Crippen LogP contribution in [-0.2, 0) is 0 Å². The maximum Gasteiger partial charge on any atom is -0.0277 e. The number of rotatable bonds is 2. The first-order chi connectivity index (χ1) is 5.74. The molecule has 0 aliphatic heterocycles. The van der Waals surface area contributed by atoms with Gasteiger partial charge in [-0.25, -0.2) is 0 Å². The molecule has 68 valence electrons. The molecule has 0 bridgehead atoms. The summed E-state index contributed by atoms with van der Waals surface area (Å²) < 4.78 is 0. The van der Waals surface area contributed by atoms with Crippen molar-refractivity contribution in [2.24, 2.45) is 5.92 Å². The summed E-state index contributed by atoms with van der Waals surface area (Å²) in [6.07, 6.45) is 9.88. The molecular formula is C12H20. The van der Waals surface area contributed by atoms with Crippen LogP contribution in [0.15, 0.2) is 23.3 Å². The lowest BCUT2D eigenvalue weighted by Crippen LogP contribution is -2.02. The van der Waals surface area contributed by atoms with Crippen LogP contribution in [0.5, 0.6) is 0 Å². The van der Waals surface area contributed by atoms with Crippen LogP contribution in [0.3, 0.4) is 0 Å². The summed E-state index contributed by atoms with van der Waals surface area (Å²) in [7, 11) is 0. The first kappa shape index (κ1) is 9.57. The lowest BCUT2D eigenvalue weighted by atomic mass is 9.88. The molecule has 0 fully saturated rings. The Bertz CT molecular complexity index is 196. The first-order valence-corrected chi connectivity index (χ1v) is 5.10. The van der Waals surface area contributed by atoms with E-state index in [1.165, 1.54) is 31.3 Å². The van der Waals surface area contributed by atoms with Gasteiger partial charge in [0.2, 0.25) is 0 Å². The Labute approximate surface area is 76.4 Å². The molecule has 0 amide bonds. The van der Waals surface area contributed by atoms with E-state index in [-0.39, 0.29) is 0 Å². The van der Waals surface area contributed by atoms with Crippen LogP contribution in [0.1, 0.15) is 46.5 Å². The third-order valence-electron chi connectivity index (χ3n) is 2.69. The molecule has 1 atom stereocenters. The third kappa shape index (κ3) is 2.51. The van der Waals surface area contributed by atoms with Crippen LogP contribution < -0.4 is 0 Å². The van der Waals surface area contributed by atoms with Gasteiger partial charge < -0.3 is 0 Å². The van der Waals surface area contributed by atoms with Gasteiger partial charge in [-0.05, 0) is 44.1 Å². The van der Waals surface area contributed by atoms with Gasteiger partial charge in [-0.1, -0.05) is 31.6 Å². The Morgan fingerprint density at radius 2 is 2.42 bits per heavy atom. The summed E-state index contributed by atoms with van der Waals surface area (Å²) in [5.74, 6) is 0.906. The van der Waals surface area contributed by atoms with E-state index in [1.54, 1.807) is 5.57 Å². The van der Waals surface area contributed by atoms with Gasteiger partial charge in [-0.2, -0.15) is 0 Å². The Morgan fingerprint density at radius 1 is 1.67 bits per heavy atom. The van der Waals surface area contributed by atoms with Gasteiger partial charge in [0, 0.05) is 0 Å². The number of hydrogen-bond acceptors (Lipinski definition) is 0. The van der Waals surface area contributed by atoms with Crippen molar-refractivity contribution in [1.29, 1.82) is 0 Å². The smallest absolute Gasteiger partial charge is 0.0277 e. The maximum atomic E-state index is 2.43. The van der Waals surface area contributed by atoms with E-state index in [4.69, 9.17) is 0 Å². The summed E-state index contributed by atoms with van der Waals surface area (Å²) >= 11 is 0. The van der Waals surface area contributed by atoms with Crippen molar-refractivity contribution in [3.05, 3.63) is 23.3 Å². The lowest BCUT2D eigenvalue weighted by molar-refractivity contribution is 0.516. The topological polar surface area (TPSA) is 0 Å². The first-order valence-electron chi connectivity index (χ1n) is 5.10. The highest BCUT2D eigenvalue weighted by molar-refractivity contribution is 5.30. The second kappa shape index (κ2) is 4.49. The maximum absolute atomic E-state index is 2.43. The number of allylic oxidation sites excluding steroid dienone is 4. The fourth-order valence-corrected chi connectivity index (χ4v) is 1.76. The predicted octanol–water partition coefficient (Wildman–Crippen LogP) is 4.09. The third-order valence-corrected chi connectivity index (χ3v) is 2.69. The highest BCUT2D eigenvalue weighted by Gasteiger charge is 2.10. The minimum absolute atomic E-state index is 0.906. The molecule has 1 aliphatic rings. The predicted molar refractivity (Wildman–Crippen MR) is 55.1 cm³/mol. The summed E-state index contributed by atoms with van der Waals surface area (Å²) in [6.45, 7) is 6.78. The van der Waals surface area contributed by atoms with Crippen LogP contribution in [0.2, 0.25) is 0 Å². The summed E-state index contributed by atoms with van der Waals surface area (Å²) in [4.78, 5) is 0. The van der Waals surface area contributed by atoms with Crippen molar-refractivity contribution in [3.63, 3.8) is 0 Å². The molecule has 0 radical (unpaired) electrons. The van der Waals surface area contributed by atoms with E-state index in [1.807, 2.05) is 0 Å². The van der Waals surface area contributed by atoms with Crippen molar-refractivity contribution < 1.29 is 0 Å². The second-order valence-corrected chi connectivity index (χ2v) is 3.90. The Balaban J connectivity index is 2.58. The Kier molecular flexibility index (Phi) is 3.58. The van der Waals surface area contributed by atoms with Crippen molar-refractivity contribution in [2.45, 2.75) is 46.5 Å². The molecular weight excluding hydrogens is 144 g/mol. The van der Waals surface area contributed by atoms with Crippen LogP contribution >= 0.6 is 0 Å². The zero-order valence-corrected chi connectivity index (χ0v) is 8.56. The minimum atomic E-state index is 0.906. The molecule has 0 saturated carbocycles. The molecule has 0 heteroatoms. The summed E-state index contributed by atoms with van der Waals surface area (Å²) in [5, 5.41) is 0. The molecule has 0 nitrogen and oxygen atoms in total. The largest absolute Gasteiger partial charge is 0.0816 e. The molecule has 12 heavy (non-hydrogen) atoms. The summed E-state index contributed by atoms with van der Waals surface area (Å²) in [5.41, 5.74) is 3.10. The zero-order valence-electron chi connectivity index (χ0n) is 8.56. The monoisotopic (exact) mass is 164 g/mol. The van der Waals surface area contributed by atoms with Gasteiger partial charge in [0.05, 0.1) is 0 Å². The second-order valence-electron chi connectivity index (χ2n) is 3.90. The Morgan fingerprint density at radius 3 is 2.92 bits per heavy atom. The van der Waals surface area contributed by atoms with Crippen LogP contribution in [-0.4, -0.2) is 0 Å². The highest BCUT2D eigenvalue weighted by Crippen LogP contribution is 2.27. The van der Waals surface area contributed by atoms with E-state index in [9.17, 15) is 0 Å². The molecule has 0 saturated heterocycles. The summed E-state index contributed by atoms with van der Waals surface area (Å²) in [6, 6.07) is 0. The molecule has 0 heterocycles. The SMILES string of the molecule is CC/C=C(\C)C1=CCC(C)CC1. The van der Waals surface area contributed by atoms with Crippen molar-refractivity contribution in [1.82, 2.24) is 0 Å². The van der Waals surface area contributed by atoms with Gasteiger partial charge in [0.1, 0.15) is 0 Å². The van der Waals surface area contributed by atoms with Crippen LogP contribution in [0.4, 0.5) is 0 Å². The van der Waals surface area contributed by atoms with Gasteiger partial charge >= 0.3 is 0 Å². The van der Waals surface area contributed by atoms with Crippen molar-refractivity contribution >= 4 is 0 Å². The van der Waals surface area contributed by atoms with E-state index in [0.717, 1.165) is 5.92 Å². The molecule has 0 aromatic heterocycles. The van der Waals surface area contributed by atoms with Crippen LogP contribution in [0.25, 0.3) is 0 Å². The van der Waals surface area contributed by atoms with Gasteiger partial charge in [-0.15, -0.1) is 0 Å². The minimum Gasteiger partial charge on any atom is -0.0816 e. The number of hydrogen-bond donors (Lipinski definition) is 0. The molecule has 1 rings (SSSR count). The molecule has 0 N–H and O–H groups in total. The molecule has 0 aromatic rings. The normalized spacial score (nSPS) is 25.4. The van der Waals surface area contributed by atoms with Gasteiger partial charge in [-0.3, -0.25) is 0 Å². The molecule has 0 aromatic carbocycles. The van der Waals surface area contributed by atoms with Crippen molar-refractivity contribution in [2.75, 3.05) is 0 Å². The fourth-order valence-electron chi connectivity index (χ4n) is 1.76. The molecule has 1 unspecified atom stereocenters. The van der Waals surface area contributed by atoms with Gasteiger partial charge in [0.25, 0.3) is 0 Å². The standard InChI is InChI=1S/C12H20/c1-4-5-11(3)12-8-6-10(2)7-9-12/h5,8,10H,4,6-7,9H2,1-3H3/b11-5+. The van der Waals surface area contributed by atoms with E-state index in [0.29, 0.717) is 0 Å². The fraction of sp³-hybridized carbons (Fsp3) is 0.667.